The molecule has 4 N–H and O–H groups in total. The van der Waals surface area contributed by atoms with Gasteiger partial charge in [0.1, 0.15) is 17.6 Å². The molecule has 2 aliphatic heterocycles. The maximum atomic E-state index is 12.3. The molecule has 2 heterocycles. The number of carbonyl (C=O) groups is 2. The van der Waals surface area contributed by atoms with Crippen molar-refractivity contribution in [2.24, 2.45) is 11.8 Å². The summed E-state index contributed by atoms with van der Waals surface area (Å²) in [5.74, 6) is -1.30. The average molecular weight is 422 g/mol. The molecule has 0 radical (unpaired) electrons. The highest BCUT2D eigenvalue weighted by Gasteiger charge is 2.48. The van der Waals surface area contributed by atoms with Crippen LogP contribution in [0, 0.1) is 11.8 Å². The van der Waals surface area contributed by atoms with Crippen molar-refractivity contribution in [1.29, 1.82) is 0 Å². The second-order valence-electron chi connectivity index (χ2n) is 8.48. The third kappa shape index (κ3) is 5.44. The van der Waals surface area contributed by atoms with E-state index in [1.54, 1.807) is 6.92 Å². The monoisotopic (exact) mass is 422 g/mol. The molecule has 0 unspecified atom stereocenters. The Kier molecular flexibility index (Phi) is 7.26. The van der Waals surface area contributed by atoms with E-state index in [2.05, 4.69) is 0 Å². The quantitative estimate of drug-likeness (QED) is 0.261. The first-order chi connectivity index (χ1) is 14.2. The SMILES string of the molecule is C[C@H]([C@@H]1O[C@H]1C[C@@H]1OC[C@H](CC(=O)CC(=O)c2ccc(O)cc2)[C@@H](O)[C@H]1O)[C@H](C)O. The number of carbonyl (C=O) groups excluding carboxylic acids is 2. The first-order valence-electron chi connectivity index (χ1n) is 10.3. The van der Waals surface area contributed by atoms with Gasteiger partial charge in [0.25, 0.3) is 0 Å². The lowest BCUT2D eigenvalue weighted by Crippen LogP contribution is -2.51. The number of ether oxygens (including phenoxy) is 2. The molecule has 8 heteroatoms. The number of ketones is 2. The Hall–Kier alpha value is -1.84. The summed E-state index contributed by atoms with van der Waals surface area (Å²) >= 11 is 0. The van der Waals surface area contributed by atoms with Gasteiger partial charge in [0, 0.05) is 30.2 Å². The number of phenolic OH excluding ortho intramolecular Hbond substituents is 1. The molecule has 8 atom stereocenters. The van der Waals surface area contributed by atoms with Crippen LogP contribution in [-0.4, -0.2) is 75.2 Å². The van der Waals surface area contributed by atoms with Gasteiger partial charge in [0.15, 0.2) is 5.78 Å². The first-order valence-corrected chi connectivity index (χ1v) is 10.3. The maximum Gasteiger partial charge on any atom is 0.170 e. The molecule has 8 nitrogen and oxygen atoms in total. The van der Waals surface area contributed by atoms with Gasteiger partial charge >= 0.3 is 0 Å². The second-order valence-corrected chi connectivity index (χ2v) is 8.48. The molecule has 0 spiro atoms. The number of phenols is 1. The lowest BCUT2D eigenvalue weighted by Gasteiger charge is -2.37. The first kappa shape index (κ1) is 22.8. The van der Waals surface area contributed by atoms with Crippen molar-refractivity contribution >= 4 is 11.6 Å². The van der Waals surface area contributed by atoms with Crippen LogP contribution in [0.4, 0.5) is 0 Å². The Morgan fingerprint density at radius 3 is 2.40 bits per heavy atom. The Morgan fingerprint density at radius 1 is 1.10 bits per heavy atom. The molecule has 3 rings (SSSR count). The molecule has 0 aromatic heterocycles. The lowest BCUT2D eigenvalue weighted by molar-refractivity contribution is -0.170. The van der Waals surface area contributed by atoms with Gasteiger partial charge in [-0.3, -0.25) is 9.59 Å². The fraction of sp³-hybridized carbons (Fsp3) is 0.636. The highest BCUT2D eigenvalue weighted by Crippen LogP contribution is 2.37. The Bertz CT molecular complexity index is 746. The predicted molar refractivity (Wildman–Crippen MR) is 106 cm³/mol. The van der Waals surface area contributed by atoms with Gasteiger partial charge in [-0.2, -0.15) is 0 Å². The van der Waals surface area contributed by atoms with Crippen molar-refractivity contribution < 1.29 is 39.5 Å². The Labute approximate surface area is 175 Å². The summed E-state index contributed by atoms with van der Waals surface area (Å²) in [6.07, 6.45) is -3.62. The Balaban J connectivity index is 1.47. The van der Waals surface area contributed by atoms with E-state index in [9.17, 15) is 30.0 Å². The van der Waals surface area contributed by atoms with Crippen molar-refractivity contribution in [2.75, 3.05) is 6.61 Å². The highest BCUT2D eigenvalue weighted by molar-refractivity contribution is 6.08. The van der Waals surface area contributed by atoms with Crippen molar-refractivity contribution in [2.45, 2.75) is 69.7 Å². The number of aromatic hydroxyl groups is 1. The van der Waals surface area contributed by atoms with Gasteiger partial charge < -0.3 is 29.9 Å². The molecule has 0 amide bonds. The molecule has 0 aliphatic carbocycles. The van der Waals surface area contributed by atoms with Crippen molar-refractivity contribution in [1.82, 2.24) is 0 Å². The molecular formula is C22H30O8. The van der Waals surface area contributed by atoms with Gasteiger partial charge in [-0.25, -0.2) is 0 Å². The van der Waals surface area contributed by atoms with Crippen LogP contribution in [0.15, 0.2) is 24.3 Å². The van der Waals surface area contributed by atoms with Gasteiger partial charge in [0.2, 0.25) is 0 Å². The number of hydrogen-bond acceptors (Lipinski definition) is 8. The third-order valence-electron chi connectivity index (χ3n) is 6.14. The number of rotatable bonds is 9. The minimum atomic E-state index is -1.16. The van der Waals surface area contributed by atoms with Crippen LogP contribution in [0.5, 0.6) is 5.75 Å². The van der Waals surface area contributed by atoms with Gasteiger partial charge in [-0.1, -0.05) is 6.92 Å². The molecular weight excluding hydrogens is 392 g/mol. The molecule has 2 aliphatic rings. The molecule has 1 aromatic carbocycles. The van der Waals surface area contributed by atoms with Crippen LogP contribution in [-0.2, 0) is 14.3 Å². The lowest BCUT2D eigenvalue weighted by atomic mass is 9.85. The largest absolute Gasteiger partial charge is 0.508 e. The van der Waals surface area contributed by atoms with Crippen molar-refractivity contribution in [3.63, 3.8) is 0 Å². The van der Waals surface area contributed by atoms with Crippen LogP contribution >= 0.6 is 0 Å². The molecule has 166 valence electrons. The summed E-state index contributed by atoms with van der Waals surface area (Å²) in [5, 5.41) is 39.8. The molecule has 30 heavy (non-hydrogen) atoms. The Morgan fingerprint density at radius 2 is 1.77 bits per heavy atom. The van der Waals surface area contributed by atoms with E-state index in [0.29, 0.717) is 12.0 Å². The number of hydrogen-bond donors (Lipinski definition) is 4. The highest BCUT2D eigenvalue weighted by atomic mass is 16.6. The summed E-state index contributed by atoms with van der Waals surface area (Å²) in [6.45, 7) is 3.70. The second kappa shape index (κ2) is 9.53. The van der Waals surface area contributed by atoms with Gasteiger partial charge in [-0.15, -0.1) is 0 Å². The number of benzene rings is 1. The zero-order valence-corrected chi connectivity index (χ0v) is 17.2. The number of aliphatic hydroxyl groups excluding tert-OH is 3. The van der Waals surface area contributed by atoms with E-state index in [-0.39, 0.29) is 54.9 Å². The average Bonchev–Trinajstić information content (AvgIpc) is 3.46. The summed E-state index contributed by atoms with van der Waals surface area (Å²) in [5.41, 5.74) is 0.326. The van der Waals surface area contributed by atoms with Gasteiger partial charge in [0.05, 0.1) is 43.5 Å². The third-order valence-corrected chi connectivity index (χ3v) is 6.14. The molecule has 2 saturated heterocycles. The predicted octanol–water partition coefficient (Wildman–Crippen LogP) is 0.835. The van der Waals surface area contributed by atoms with Crippen LogP contribution in [0.1, 0.15) is 43.5 Å². The van der Waals surface area contributed by atoms with E-state index in [4.69, 9.17) is 9.47 Å². The summed E-state index contributed by atoms with van der Waals surface area (Å²) in [6, 6.07) is 5.65. The summed E-state index contributed by atoms with van der Waals surface area (Å²) in [7, 11) is 0. The number of epoxide rings is 1. The smallest absolute Gasteiger partial charge is 0.170 e. The van der Waals surface area contributed by atoms with Crippen LogP contribution in [0.3, 0.4) is 0 Å². The van der Waals surface area contributed by atoms with E-state index in [1.165, 1.54) is 24.3 Å². The minimum absolute atomic E-state index is 0.0304. The van der Waals surface area contributed by atoms with E-state index in [1.807, 2.05) is 6.92 Å². The van der Waals surface area contributed by atoms with Crippen LogP contribution in [0.2, 0.25) is 0 Å². The fourth-order valence-electron chi connectivity index (χ4n) is 3.94. The number of Topliss-reactive ketones (excluding diaryl/α,β-unsaturated/α-hetero) is 2. The van der Waals surface area contributed by atoms with E-state index >= 15 is 0 Å². The van der Waals surface area contributed by atoms with Gasteiger partial charge in [-0.05, 0) is 31.2 Å². The van der Waals surface area contributed by atoms with Crippen molar-refractivity contribution in [3.8, 4) is 5.75 Å². The standard InChI is InChI=1S/C22H30O8/c1-11(12(2)23)22-19(30-22)9-18-21(28)20(27)14(10-29-18)7-16(25)8-17(26)13-3-5-15(24)6-4-13/h3-6,11-12,14,18-24,27-28H,7-10H2,1-2H3/t11-,12-,14-,18-,19-,20+,21-,22-/m0/s1. The summed E-state index contributed by atoms with van der Waals surface area (Å²) < 4.78 is 11.3. The minimum Gasteiger partial charge on any atom is -0.508 e. The summed E-state index contributed by atoms with van der Waals surface area (Å²) in [4.78, 5) is 24.5. The van der Waals surface area contributed by atoms with Crippen LogP contribution in [0.25, 0.3) is 0 Å². The van der Waals surface area contributed by atoms with Crippen LogP contribution < -0.4 is 0 Å². The van der Waals surface area contributed by atoms with E-state index < -0.39 is 30.3 Å². The van der Waals surface area contributed by atoms with Crippen molar-refractivity contribution in [3.05, 3.63) is 29.8 Å². The molecule has 2 fully saturated rings. The fourth-order valence-corrected chi connectivity index (χ4v) is 3.94. The number of aliphatic hydroxyl groups is 3. The zero-order valence-electron chi connectivity index (χ0n) is 17.2. The van der Waals surface area contributed by atoms with E-state index in [0.717, 1.165) is 0 Å². The normalized spacial score (nSPS) is 33.0. The maximum absolute atomic E-state index is 12.3. The zero-order chi connectivity index (χ0) is 22.0. The topological polar surface area (TPSA) is 137 Å². The molecule has 0 saturated carbocycles. The molecule has 1 aromatic rings. The molecule has 0 bridgehead atoms.